The lowest BCUT2D eigenvalue weighted by Crippen LogP contribution is -2.19. The van der Waals surface area contributed by atoms with E-state index in [2.05, 4.69) is 5.32 Å². The number of halogens is 2. The third kappa shape index (κ3) is 5.47. The molecule has 0 spiro atoms. The second-order valence-corrected chi connectivity index (χ2v) is 4.58. The molecule has 0 heterocycles. The van der Waals surface area contributed by atoms with Crippen LogP contribution in [-0.2, 0) is 6.54 Å². The summed E-state index contributed by atoms with van der Waals surface area (Å²) in [5.74, 6) is 0.379. The fourth-order valence-corrected chi connectivity index (χ4v) is 1.84. The van der Waals surface area contributed by atoms with Crippen molar-refractivity contribution in [3.8, 4) is 0 Å². The number of hydrogen-bond acceptors (Lipinski definition) is 1. The maximum atomic E-state index is 7.81. The molecule has 0 saturated heterocycles. The molecular weight excluding hydrogens is 291 g/mol. The molecule has 0 aromatic heterocycles. The number of amidine groups is 1. The molecule has 2 N–H and O–H groups in total. The summed E-state index contributed by atoms with van der Waals surface area (Å²) in [6, 6.07) is 17.6. The van der Waals surface area contributed by atoms with Crippen molar-refractivity contribution in [2.45, 2.75) is 6.54 Å². The summed E-state index contributed by atoms with van der Waals surface area (Å²) in [4.78, 5) is 0. The van der Waals surface area contributed by atoms with Crippen LogP contribution >= 0.6 is 24.0 Å². The van der Waals surface area contributed by atoms with Crippen LogP contribution in [0.5, 0.6) is 0 Å². The van der Waals surface area contributed by atoms with E-state index < -0.39 is 0 Å². The lowest BCUT2D eigenvalue weighted by atomic mass is 10.2. The minimum Gasteiger partial charge on any atom is -0.366 e. The molecule has 0 saturated carbocycles. The molecule has 0 unspecified atom stereocenters. The van der Waals surface area contributed by atoms with Crippen molar-refractivity contribution < 1.29 is 0 Å². The van der Waals surface area contributed by atoms with E-state index in [1.807, 2.05) is 60.7 Å². The molecular formula is C16H16Cl2N2. The smallest absolute Gasteiger partial charge is 0.118 e. The Morgan fingerprint density at radius 1 is 1.10 bits per heavy atom. The van der Waals surface area contributed by atoms with E-state index >= 15 is 0 Å². The summed E-state index contributed by atoms with van der Waals surface area (Å²) < 4.78 is 0. The molecule has 2 nitrogen and oxygen atoms in total. The maximum Gasteiger partial charge on any atom is 0.118 e. The Morgan fingerprint density at radius 3 is 2.55 bits per heavy atom. The standard InChI is InChI=1S/C16H15ClN2.ClH/c17-15-8-4-7-13(11-15)9-10-16(18)19-12-14-5-2-1-3-6-14;/h1-11H,12H2,(H2,18,19);1H/b10-9+;. The predicted molar refractivity (Wildman–Crippen MR) is 88.7 cm³/mol. The summed E-state index contributed by atoms with van der Waals surface area (Å²) in [7, 11) is 0. The van der Waals surface area contributed by atoms with Crippen LogP contribution < -0.4 is 5.32 Å². The van der Waals surface area contributed by atoms with Crippen molar-refractivity contribution in [3.63, 3.8) is 0 Å². The van der Waals surface area contributed by atoms with Gasteiger partial charge in [-0.15, -0.1) is 12.4 Å². The number of benzene rings is 2. The van der Waals surface area contributed by atoms with Gasteiger partial charge in [0, 0.05) is 11.6 Å². The zero-order valence-corrected chi connectivity index (χ0v) is 12.4. The molecule has 104 valence electrons. The van der Waals surface area contributed by atoms with Crippen molar-refractivity contribution >= 4 is 35.9 Å². The van der Waals surface area contributed by atoms with Crippen LogP contribution in [0.15, 0.2) is 60.7 Å². The zero-order valence-electron chi connectivity index (χ0n) is 10.8. The highest BCUT2D eigenvalue weighted by Gasteiger charge is 1.93. The van der Waals surface area contributed by atoms with E-state index in [-0.39, 0.29) is 12.4 Å². The largest absolute Gasteiger partial charge is 0.366 e. The van der Waals surface area contributed by atoms with Crippen molar-refractivity contribution in [1.29, 1.82) is 5.41 Å². The Labute approximate surface area is 130 Å². The molecule has 2 aromatic carbocycles. The Hall–Kier alpha value is -1.77. The van der Waals surface area contributed by atoms with Crippen molar-refractivity contribution in [2.75, 3.05) is 0 Å². The van der Waals surface area contributed by atoms with Crippen molar-refractivity contribution in [2.24, 2.45) is 0 Å². The van der Waals surface area contributed by atoms with Crippen LogP contribution in [0, 0.1) is 5.41 Å². The van der Waals surface area contributed by atoms with Crippen LogP contribution in [0.1, 0.15) is 11.1 Å². The van der Waals surface area contributed by atoms with Gasteiger partial charge in [-0.1, -0.05) is 60.1 Å². The fraction of sp³-hybridized carbons (Fsp3) is 0.0625. The first-order valence-electron chi connectivity index (χ1n) is 6.04. The summed E-state index contributed by atoms with van der Waals surface area (Å²) in [6.45, 7) is 0.652. The highest BCUT2D eigenvalue weighted by Crippen LogP contribution is 2.11. The second-order valence-electron chi connectivity index (χ2n) is 4.14. The third-order valence-corrected chi connectivity index (χ3v) is 2.85. The van der Waals surface area contributed by atoms with Crippen LogP contribution in [-0.4, -0.2) is 5.84 Å². The van der Waals surface area contributed by atoms with Gasteiger partial charge in [0.15, 0.2) is 0 Å². The lowest BCUT2D eigenvalue weighted by molar-refractivity contribution is 0.912. The Bertz CT molecular complexity index is 580. The summed E-state index contributed by atoms with van der Waals surface area (Å²) in [5, 5.41) is 11.6. The third-order valence-electron chi connectivity index (χ3n) is 2.62. The molecule has 0 fully saturated rings. The molecule has 0 amide bonds. The molecule has 0 aliphatic carbocycles. The summed E-state index contributed by atoms with van der Waals surface area (Å²) >= 11 is 5.90. The number of hydrogen-bond donors (Lipinski definition) is 2. The minimum absolute atomic E-state index is 0. The molecule has 0 radical (unpaired) electrons. The molecule has 2 aromatic rings. The van der Waals surface area contributed by atoms with Crippen LogP contribution in [0.25, 0.3) is 6.08 Å². The van der Waals surface area contributed by atoms with Gasteiger partial charge < -0.3 is 5.32 Å². The van der Waals surface area contributed by atoms with Crippen LogP contribution in [0.4, 0.5) is 0 Å². The minimum atomic E-state index is 0. The summed E-state index contributed by atoms with van der Waals surface area (Å²) in [6.07, 6.45) is 3.60. The second kappa shape index (κ2) is 8.41. The lowest BCUT2D eigenvalue weighted by Gasteiger charge is -2.04. The van der Waals surface area contributed by atoms with Gasteiger partial charge >= 0.3 is 0 Å². The molecule has 0 aliphatic rings. The first kappa shape index (κ1) is 16.3. The molecule has 0 bridgehead atoms. The average Bonchev–Trinajstić information content (AvgIpc) is 2.44. The number of rotatable bonds is 4. The van der Waals surface area contributed by atoms with Gasteiger partial charge in [-0.3, -0.25) is 5.41 Å². The van der Waals surface area contributed by atoms with E-state index in [1.54, 1.807) is 6.08 Å². The van der Waals surface area contributed by atoms with Gasteiger partial charge in [-0.05, 0) is 29.3 Å². The van der Waals surface area contributed by atoms with Gasteiger partial charge in [-0.2, -0.15) is 0 Å². The van der Waals surface area contributed by atoms with Gasteiger partial charge in [0.2, 0.25) is 0 Å². The summed E-state index contributed by atoms with van der Waals surface area (Å²) in [5.41, 5.74) is 2.14. The maximum absolute atomic E-state index is 7.81. The molecule has 4 heteroatoms. The predicted octanol–water partition coefficient (Wildman–Crippen LogP) is 4.54. The van der Waals surface area contributed by atoms with Crippen LogP contribution in [0.3, 0.4) is 0 Å². The Morgan fingerprint density at radius 2 is 1.85 bits per heavy atom. The Balaban J connectivity index is 0.00000200. The molecule has 2 rings (SSSR count). The first-order chi connectivity index (χ1) is 9.24. The molecule has 0 atom stereocenters. The van der Waals surface area contributed by atoms with E-state index in [0.29, 0.717) is 17.4 Å². The number of nitrogens with one attached hydrogen (secondary N) is 2. The SMILES string of the molecule is Cl.N=C(/C=C/c1cccc(Cl)c1)NCc1ccccc1. The molecule has 0 aliphatic heterocycles. The van der Waals surface area contributed by atoms with Gasteiger partial charge in [0.05, 0.1) is 0 Å². The first-order valence-corrected chi connectivity index (χ1v) is 6.42. The van der Waals surface area contributed by atoms with Crippen molar-refractivity contribution in [3.05, 3.63) is 76.8 Å². The van der Waals surface area contributed by atoms with Gasteiger partial charge in [0.1, 0.15) is 5.84 Å². The van der Waals surface area contributed by atoms with Gasteiger partial charge in [0.25, 0.3) is 0 Å². The van der Waals surface area contributed by atoms with E-state index in [1.165, 1.54) is 0 Å². The van der Waals surface area contributed by atoms with Gasteiger partial charge in [-0.25, -0.2) is 0 Å². The topological polar surface area (TPSA) is 35.9 Å². The van der Waals surface area contributed by atoms with Crippen molar-refractivity contribution in [1.82, 2.24) is 5.32 Å². The average molecular weight is 307 g/mol. The highest BCUT2D eigenvalue weighted by molar-refractivity contribution is 6.30. The monoisotopic (exact) mass is 306 g/mol. The van der Waals surface area contributed by atoms with E-state index in [0.717, 1.165) is 11.1 Å². The quantitative estimate of drug-likeness (QED) is 0.631. The van der Waals surface area contributed by atoms with Crippen LogP contribution in [0.2, 0.25) is 5.02 Å². The normalized spacial score (nSPS) is 10.1. The van der Waals surface area contributed by atoms with E-state index in [9.17, 15) is 0 Å². The zero-order chi connectivity index (χ0) is 13.5. The van der Waals surface area contributed by atoms with E-state index in [4.69, 9.17) is 17.0 Å². The Kier molecular flexibility index (Phi) is 6.85. The highest BCUT2D eigenvalue weighted by atomic mass is 35.5. The molecule has 20 heavy (non-hydrogen) atoms. The fourth-order valence-electron chi connectivity index (χ4n) is 1.64.